The second-order valence-corrected chi connectivity index (χ2v) is 4.11. The fourth-order valence-corrected chi connectivity index (χ4v) is 1.90. The lowest BCUT2D eigenvalue weighted by atomic mass is 9.98. The van der Waals surface area contributed by atoms with Crippen molar-refractivity contribution in [2.45, 2.75) is 10.8 Å². The first kappa shape index (κ1) is 12.9. The summed E-state index contributed by atoms with van der Waals surface area (Å²) in [4.78, 5) is 12.0. The summed E-state index contributed by atoms with van der Waals surface area (Å²) in [6.45, 7) is 0.0598. The first-order chi connectivity index (χ1) is 7.63. The van der Waals surface area contributed by atoms with Gasteiger partial charge in [-0.2, -0.15) is 0 Å². The molecule has 0 bridgehead atoms. The Kier molecular flexibility index (Phi) is 4.64. The van der Waals surface area contributed by atoms with Crippen LogP contribution >= 0.6 is 11.8 Å². The van der Waals surface area contributed by atoms with Gasteiger partial charge in [-0.25, -0.2) is 0 Å². The number of hydrogen-bond acceptors (Lipinski definition) is 4. The topological polar surface area (TPSA) is 72.5 Å². The second kappa shape index (κ2) is 5.77. The number of hydrogen-bond donors (Lipinski definition) is 2. The van der Waals surface area contributed by atoms with Crippen LogP contribution in [0.1, 0.15) is 11.5 Å². The van der Waals surface area contributed by atoms with Gasteiger partial charge in [0, 0.05) is 17.0 Å². The highest BCUT2D eigenvalue weighted by Crippen LogP contribution is 2.30. The van der Waals surface area contributed by atoms with Crippen molar-refractivity contribution < 1.29 is 14.6 Å². The van der Waals surface area contributed by atoms with Crippen LogP contribution in [0.3, 0.4) is 0 Å². The predicted molar refractivity (Wildman–Crippen MR) is 64.2 cm³/mol. The highest BCUT2D eigenvalue weighted by Gasteiger charge is 2.21. The molecule has 1 aromatic rings. The summed E-state index contributed by atoms with van der Waals surface area (Å²) >= 11 is 1.58. The molecule has 0 saturated heterocycles. The van der Waals surface area contributed by atoms with Gasteiger partial charge in [-0.1, -0.05) is 6.07 Å². The lowest BCUT2D eigenvalue weighted by Gasteiger charge is -2.15. The summed E-state index contributed by atoms with van der Waals surface area (Å²) in [5, 5.41) is 9.03. The van der Waals surface area contributed by atoms with E-state index < -0.39 is 11.9 Å². The lowest BCUT2D eigenvalue weighted by molar-refractivity contribution is -0.138. The van der Waals surface area contributed by atoms with Gasteiger partial charge in [0.05, 0.1) is 13.0 Å². The van der Waals surface area contributed by atoms with Crippen LogP contribution in [0, 0.1) is 0 Å². The largest absolute Gasteiger partial charge is 0.496 e. The third-order valence-corrected chi connectivity index (χ3v) is 3.08. The quantitative estimate of drug-likeness (QED) is 0.765. The van der Waals surface area contributed by atoms with Crippen LogP contribution in [0.15, 0.2) is 23.1 Å². The minimum atomic E-state index is -0.933. The van der Waals surface area contributed by atoms with Crippen LogP contribution in [0.5, 0.6) is 5.75 Å². The van der Waals surface area contributed by atoms with Crippen molar-refractivity contribution in [2.24, 2.45) is 5.73 Å². The lowest BCUT2D eigenvalue weighted by Crippen LogP contribution is -2.21. The maximum atomic E-state index is 11.0. The summed E-state index contributed by atoms with van der Waals surface area (Å²) in [7, 11) is 1.53. The van der Waals surface area contributed by atoms with E-state index in [1.807, 2.05) is 18.4 Å². The van der Waals surface area contributed by atoms with E-state index in [4.69, 9.17) is 15.6 Å². The van der Waals surface area contributed by atoms with E-state index in [9.17, 15) is 4.79 Å². The molecule has 4 nitrogen and oxygen atoms in total. The zero-order valence-corrected chi connectivity index (χ0v) is 10.1. The van der Waals surface area contributed by atoms with E-state index in [1.165, 1.54) is 7.11 Å². The number of thioether (sulfide) groups is 1. The maximum Gasteiger partial charge on any atom is 0.312 e. The minimum absolute atomic E-state index is 0.0598. The Morgan fingerprint density at radius 1 is 1.62 bits per heavy atom. The zero-order chi connectivity index (χ0) is 12.1. The van der Waals surface area contributed by atoms with Crippen LogP contribution in [0.2, 0.25) is 0 Å². The summed E-state index contributed by atoms with van der Waals surface area (Å²) in [5.41, 5.74) is 6.08. The van der Waals surface area contributed by atoms with Crippen molar-refractivity contribution in [3.05, 3.63) is 23.8 Å². The van der Waals surface area contributed by atoms with E-state index >= 15 is 0 Å². The van der Waals surface area contributed by atoms with Gasteiger partial charge in [0.1, 0.15) is 5.75 Å². The van der Waals surface area contributed by atoms with E-state index in [-0.39, 0.29) is 6.54 Å². The third-order valence-electron chi connectivity index (χ3n) is 2.35. The minimum Gasteiger partial charge on any atom is -0.496 e. The van der Waals surface area contributed by atoms with Gasteiger partial charge in [0.2, 0.25) is 0 Å². The van der Waals surface area contributed by atoms with E-state index in [1.54, 1.807) is 17.8 Å². The standard InChI is InChI=1S/C11H15NO3S/c1-15-10-5-7(16-2)3-4-8(10)9(6-12)11(13)14/h3-5,9H,6,12H2,1-2H3,(H,13,14). The molecule has 1 unspecified atom stereocenters. The maximum absolute atomic E-state index is 11.0. The molecule has 0 aliphatic rings. The number of carboxylic acids is 1. The van der Waals surface area contributed by atoms with E-state index in [0.717, 1.165) is 4.90 Å². The van der Waals surface area contributed by atoms with Gasteiger partial charge in [-0.05, 0) is 18.4 Å². The Morgan fingerprint density at radius 2 is 2.31 bits per heavy atom. The Labute approximate surface area is 98.8 Å². The van der Waals surface area contributed by atoms with Crippen molar-refractivity contribution in [3.63, 3.8) is 0 Å². The molecule has 1 atom stereocenters. The van der Waals surface area contributed by atoms with Crippen LogP contribution in [-0.4, -0.2) is 31.0 Å². The van der Waals surface area contributed by atoms with Gasteiger partial charge >= 0.3 is 5.97 Å². The van der Waals surface area contributed by atoms with Gasteiger partial charge < -0.3 is 15.6 Å². The zero-order valence-electron chi connectivity index (χ0n) is 9.27. The number of methoxy groups -OCH3 is 1. The highest BCUT2D eigenvalue weighted by molar-refractivity contribution is 7.98. The molecule has 0 aliphatic carbocycles. The Hall–Kier alpha value is -1.20. The Morgan fingerprint density at radius 3 is 2.75 bits per heavy atom. The Bertz CT molecular complexity index is 381. The third kappa shape index (κ3) is 2.68. The molecular weight excluding hydrogens is 226 g/mol. The molecule has 3 N–H and O–H groups in total. The van der Waals surface area contributed by atoms with Crippen LogP contribution < -0.4 is 10.5 Å². The monoisotopic (exact) mass is 241 g/mol. The molecule has 0 amide bonds. The molecule has 0 aliphatic heterocycles. The molecule has 0 fully saturated rings. The van der Waals surface area contributed by atoms with Crippen molar-refractivity contribution >= 4 is 17.7 Å². The molecular formula is C11H15NO3S. The molecule has 1 rings (SSSR count). The summed E-state index contributed by atoms with van der Waals surface area (Å²) in [6, 6.07) is 5.45. The van der Waals surface area contributed by atoms with Crippen LogP contribution in [0.25, 0.3) is 0 Å². The summed E-state index contributed by atoms with van der Waals surface area (Å²) < 4.78 is 5.19. The molecule has 5 heteroatoms. The predicted octanol–water partition coefficient (Wildman–Crippen LogP) is 1.54. The fourth-order valence-electron chi connectivity index (χ4n) is 1.47. The van der Waals surface area contributed by atoms with Crippen LogP contribution in [0.4, 0.5) is 0 Å². The van der Waals surface area contributed by atoms with Gasteiger partial charge in [0.25, 0.3) is 0 Å². The van der Waals surface area contributed by atoms with Gasteiger partial charge in [-0.15, -0.1) is 11.8 Å². The fraction of sp³-hybridized carbons (Fsp3) is 0.364. The van der Waals surface area contributed by atoms with Gasteiger partial charge in [-0.3, -0.25) is 4.79 Å². The first-order valence-corrected chi connectivity index (χ1v) is 6.01. The van der Waals surface area contributed by atoms with Crippen molar-refractivity contribution in [1.82, 2.24) is 0 Å². The van der Waals surface area contributed by atoms with Crippen molar-refractivity contribution in [3.8, 4) is 5.75 Å². The number of carbonyl (C=O) groups is 1. The van der Waals surface area contributed by atoms with Crippen LogP contribution in [-0.2, 0) is 4.79 Å². The van der Waals surface area contributed by atoms with Crippen molar-refractivity contribution in [2.75, 3.05) is 19.9 Å². The number of benzene rings is 1. The van der Waals surface area contributed by atoms with E-state index in [2.05, 4.69) is 0 Å². The SMILES string of the molecule is COc1cc(SC)ccc1C(CN)C(=O)O. The number of ether oxygens (including phenoxy) is 1. The normalized spacial score (nSPS) is 12.2. The number of carboxylic acid groups (broad SMARTS) is 1. The molecule has 0 saturated carbocycles. The second-order valence-electron chi connectivity index (χ2n) is 3.23. The van der Waals surface area contributed by atoms with E-state index in [0.29, 0.717) is 11.3 Å². The first-order valence-electron chi connectivity index (χ1n) is 4.78. The van der Waals surface area contributed by atoms with Gasteiger partial charge in [0.15, 0.2) is 0 Å². The smallest absolute Gasteiger partial charge is 0.312 e. The number of aliphatic carboxylic acids is 1. The highest BCUT2D eigenvalue weighted by atomic mass is 32.2. The molecule has 1 aromatic carbocycles. The Balaban J connectivity index is 3.16. The molecule has 0 aromatic heterocycles. The summed E-state index contributed by atoms with van der Waals surface area (Å²) in [5.74, 6) is -1.08. The molecule has 0 radical (unpaired) electrons. The number of nitrogens with two attached hydrogens (primary N) is 1. The average Bonchev–Trinajstić information content (AvgIpc) is 2.29. The molecule has 88 valence electrons. The average molecular weight is 241 g/mol. The molecule has 0 heterocycles. The van der Waals surface area contributed by atoms with Crippen molar-refractivity contribution in [1.29, 1.82) is 0 Å². The summed E-state index contributed by atoms with van der Waals surface area (Å²) in [6.07, 6.45) is 1.95. The number of rotatable bonds is 5. The molecule has 16 heavy (non-hydrogen) atoms. The molecule has 0 spiro atoms.